The number of piperidine rings is 1. The van der Waals surface area contributed by atoms with E-state index in [0.29, 0.717) is 0 Å². The maximum absolute atomic E-state index is 10.9. The van der Waals surface area contributed by atoms with Gasteiger partial charge in [-0.05, 0) is 12.0 Å². The van der Waals surface area contributed by atoms with Crippen molar-refractivity contribution < 1.29 is 4.79 Å². The number of fused-ring (bicyclic) bond motifs is 2. The van der Waals surface area contributed by atoms with Crippen molar-refractivity contribution in [3.05, 3.63) is 35.4 Å². The highest BCUT2D eigenvalue weighted by Crippen LogP contribution is 2.41. The van der Waals surface area contributed by atoms with Crippen molar-refractivity contribution in [2.75, 3.05) is 13.1 Å². The Hall–Kier alpha value is -0.800. The van der Waals surface area contributed by atoms with Crippen LogP contribution in [-0.4, -0.2) is 34.8 Å². The number of benzene rings is 1. The van der Waals surface area contributed by atoms with Crippen LogP contribution < -0.4 is 0 Å². The molecule has 0 amide bonds. The molecule has 0 spiro atoms. The molecule has 0 radical (unpaired) electrons. The summed E-state index contributed by atoms with van der Waals surface area (Å²) in [6.45, 7) is 3.31. The second-order valence-electron chi connectivity index (χ2n) is 4.63. The van der Waals surface area contributed by atoms with E-state index in [1.54, 1.807) is 0 Å². The Bertz CT molecular complexity index is 391. The Morgan fingerprint density at radius 2 is 2.00 bits per heavy atom. The van der Waals surface area contributed by atoms with Gasteiger partial charge in [0.05, 0.1) is 0 Å². The molecular weight excluding hydrogens is 218 g/mol. The lowest BCUT2D eigenvalue weighted by Crippen LogP contribution is -2.50. The van der Waals surface area contributed by atoms with E-state index in [9.17, 15) is 4.79 Å². The van der Waals surface area contributed by atoms with Crippen molar-refractivity contribution in [1.82, 2.24) is 4.90 Å². The van der Waals surface area contributed by atoms with Crippen molar-refractivity contribution in [1.29, 1.82) is 0 Å². The van der Waals surface area contributed by atoms with Crippen LogP contribution >= 0.6 is 11.8 Å². The fourth-order valence-corrected chi connectivity index (χ4v) is 4.07. The molecule has 1 aromatic carbocycles. The van der Waals surface area contributed by atoms with Crippen LogP contribution in [0.4, 0.5) is 0 Å². The van der Waals surface area contributed by atoms with Gasteiger partial charge in [-0.1, -0.05) is 24.3 Å². The highest BCUT2D eigenvalue weighted by Gasteiger charge is 2.37. The van der Waals surface area contributed by atoms with E-state index in [0.717, 1.165) is 28.9 Å². The number of aldehydes is 1. The Morgan fingerprint density at radius 1 is 1.31 bits per heavy atom. The first kappa shape index (κ1) is 10.4. The van der Waals surface area contributed by atoms with Gasteiger partial charge in [-0.2, -0.15) is 11.8 Å². The maximum atomic E-state index is 10.9. The topological polar surface area (TPSA) is 20.3 Å². The van der Waals surface area contributed by atoms with Crippen molar-refractivity contribution in [3.63, 3.8) is 0 Å². The van der Waals surface area contributed by atoms with Crippen LogP contribution in [0.1, 0.15) is 22.3 Å². The van der Waals surface area contributed by atoms with E-state index in [4.69, 9.17) is 0 Å². The van der Waals surface area contributed by atoms with E-state index in [1.807, 2.05) is 18.2 Å². The number of carbonyl (C=O) groups excluding carboxylic acids is 1. The molecule has 0 aliphatic carbocycles. The largest absolute Gasteiger partial charge is 0.298 e. The summed E-state index contributed by atoms with van der Waals surface area (Å²) < 4.78 is 0. The van der Waals surface area contributed by atoms with Crippen LogP contribution in [0.25, 0.3) is 0 Å². The number of nitrogens with zero attached hydrogens (tertiary/aromatic N) is 1. The zero-order valence-corrected chi connectivity index (χ0v) is 9.95. The molecule has 84 valence electrons. The summed E-state index contributed by atoms with van der Waals surface area (Å²) in [6, 6.07) is 7.91. The van der Waals surface area contributed by atoms with Gasteiger partial charge < -0.3 is 0 Å². The molecule has 3 saturated heterocycles. The molecule has 3 heteroatoms. The van der Waals surface area contributed by atoms with Crippen LogP contribution in [0, 0.1) is 0 Å². The molecule has 3 heterocycles. The summed E-state index contributed by atoms with van der Waals surface area (Å²) in [5, 5.41) is 1.70. The minimum Gasteiger partial charge on any atom is -0.298 e. The van der Waals surface area contributed by atoms with Crippen LogP contribution in [0.3, 0.4) is 0 Å². The van der Waals surface area contributed by atoms with Gasteiger partial charge >= 0.3 is 0 Å². The first-order valence-corrected chi connectivity index (χ1v) is 6.70. The van der Waals surface area contributed by atoms with Crippen LogP contribution in [0.2, 0.25) is 0 Å². The Kier molecular flexibility index (Phi) is 2.74. The standard InChI is InChI=1S/C13H15NOS/c15-9-11-4-2-1-3-10(11)6-14-7-12-5-13(8-14)16-12/h1-4,9,12-13H,5-8H2. The minimum absolute atomic E-state index is 0.842. The van der Waals surface area contributed by atoms with Crippen molar-refractivity contribution in [3.8, 4) is 0 Å². The fourth-order valence-electron chi connectivity index (χ4n) is 2.60. The Morgan fingerprint density at radius 3 is 2.69 bits per heavy atom. The highest BCUT2D eigenvalue weighted by molar-refractivity contribution is 8.02. The first-order chi connectivity index (χ1) is 7.85. The molecule has 2 nitrogen and oxygen atoms in total. The van der Waals surface area contributed by atoms with Gasteiger partial charge in [0.2, 0.25) is 0 Å². The summed E-state index contributed by atoms with van der Waals surface area (Å²) in [5.74, 6) is 0. The molecular formula is C13H15NOS. The van der Waals surface area contributed by atoms with E-state index >= 15 is 0 Å². The maximum Gasteiger partial charge on any atom is 0.150 e. The SMILES string of the molecule is O=Cc1ccccc1CN1CC2CC(C1)S2. The lowest BCUT2D eigenvalue weighted by Gasteiger charge is -2.46. The minimum atomic E-state index is 0.842. The molecule has 16 heavy (non-hydrogen) atoms. The molecule has 0 N–H and O–H groups in total. The predicted molar refractivity (Wildman–Crippen MR) is 66.9 cm³/mol. The second-order valence-corrected chi connectivity index (χ2v) is 6.23. The predicted octanol–water partition coefficient (Wildman–Crippen LogP) is 2.19. The molecule has 2 bridgehead atoms. The number of carbonyl (C=O) groups is 1. The normalized spacial score (nSPS) is 28.5. The van der Waals surface area contributed by atoms with E-state index in [-0.39, 0.29) is 0 Å². The average Bonchev–Trinajstić information content (AvgIpc) is 2.29. The van der Waals surface area contributed by atoms with Gasteiger partial charge in [0, 0.05) is 35.7 Å². The van der Waals surface area contributed by atoms with Gasteiger partial charge in [0.15, 0.2) is 0 Å². The molecule has 0 aromatic heterocycles. The lowest BCUT2D eigenvalue weighted by molar-refractivity contribution is 0.112. The molecule has 3 aliphatic heterocycles. The molecule has 3 fully saturated rings. The number of rotatable bonds is 3. The van der Waals surface area contributed by atoms with Crippen molar-refractivity contribution in [2.45, 2.75) is 23.5 Å². The summed E-state index contributed by atoms with van der Waals surface area (Å²) >= 11 is 2.13. The van der Waals surface area contributed by atoms with Crippen LogP contribution in [0.15, 0.2) is 24.3 Å². The Balaban J connectivity index is 1.71. The molecule has 2 unspecified atom stereocenters. The summed E-state index contributed by atoms with van der Waals surface area (Å²) in [4.78, 5) is 13.4. The zero-order valence-electron chi connectivity index (χ0n) is 9.13. The monoisotopic (exact) mass is 233 g/mol. The molecule has 1 aromatic rings. The second kappa shape index (κ2) is 4.22. The van der Waals surface area contributed by atoms with Gasteiger partial charge in [0.25, 0.3) is 0 Å². The Labute approximate surface area is 100 Å². The number of thioether (sulfide) groups is 1. The molecule has 4 rings (SSSR count). The van der Waals surface area contributed by atoms with Gasteiger partial charge in [-0.3, -0.25) is 9.69 Å². The summed E-state index contributed by atoms with van der Waals surface area (Å²) in [7, 11) is 0. The van der Waals surface area contributed by atoms with Gasteiger partial charge in [-0.25, -0.2) is 0 Å². The third-order valence-corrected chi connectivity index (χ3v) is 4.86. The third-order valence-electron chi connectivity index (χ3n) is 3.41. The quantitative estimate of drug-likeness (QED) is 0.746. The van der Waals surface area contributed by atoms with Gasteiger partial charge in [0.1, 0.15) is 6.29 Å². The van der Waals surface area contributed by atoms with E-state index in [2.05, 4.69) is 22.7 Å². The van der Waals surface area contributed by atoms with Gasteiger partial charge in [-0.15, -0.1) is 0 Å². The van der Waals surface area contributed by atoms with E-state index in [1.165, 1.54) is 25.1 Å². The van der Waals surface area contributed by atoms with Crippen molar-refractivity contribution in [2.24, 2.45) is 0 Å². The zero-order chi connectivity index (χ0) is 11.0. The smallest absolute Gasteiger partial charge is 0.150 e. The molecule has 3 aliphatic rings. The molecule has 0 saturated carbocycles. The van der Waals surface area contributed by atoms with E-state index < -0.39 is 0 Å². The molecule has 2 atom stereocenters. The first-order valence-electron chi connectivity index (χ1n) is 5.76. The van der Waals surface area contributed by atoms with Crippen LogP contribution in [0.5, 0.6) is 0 Å². The number of hydrogen-bond donors (Lipinski definition) is 0. The summed E-state index contributed by atoms with van der Waals surface area (Å²) in [6.07, 6.45) is 2.37. The van der Waals surface area contributed by atoms with Crippen molar-refractivity contribution >= 4 is 18.0 Å². The lowest BCUT2D eigenvalue weighted by atomic mass is 10.0. The average molecular weight is 233 g/mol. The summed E-state index contributed by atoms with van der Waals surface area (Å²) in [5.41, 5.74) is 2.01. The van der Waals surface area contributed by atoms with Crippen LogP contribution in [-0.2, 0) is 6.54 Å². The third kappa shape index (κ3) is 1.89. The number of hydrogen-bond acceptors (Lipinski definition) is 3. The fraction of sp³-hybridized carbons (Fsp3) is 0.462. The highest BCUT2D eigenvalue weighted by atomic mass is 32.2.